The highest BCUT2D eigenvalue weighted by Crippen LogP contribution is 2.25. The van der Waals surface area contributed by atoms with Gasteiger partial charge >= 0.3 is 0 Å². The Morgan fingerprint density at radius 1 is 1.15 bits per heavy atom. The fraction of sp³-hybridized carbons (Fsp3) is 0.353. The lowest BCUT2D eigenvalue weighted by Gasteiger charge is -2.26. The maximum Gasteiger partial charge on any atom is 0.258 e. The highest BCUT2D eigenvalue weighted by molar-refractivity contribution is 6.42. The van der Waals surface area contributed by atoms with Gasteiger partial charge in [0.05, 0.1) is 28.8 Å². The Bertz CT molecular complexity index is 751. The zero-order valence-electron chi connectivity index (χ0n) is 14.0. The molecule has 3 rings (SSSR count). The second-order valence-corrected chi connectivity index (χ2v) is 6.57. The number of halogens is 2. The highest BCUT2D eigenvalue weighted by Gasteiger charge is 2.11. The molecule has 2 N–H and O–H groups in total. The molecule has 1 saturated heterocycles. The predicted octanol–water partition coefficient (Wildman–Crippen LogP) is 2.78. The molecule has 0 saturated carbocycles. The Labute approximate surface area is 161 Å². The van der Waals surface area contributed by atoms with Crippen molar-refractivity contribution in [2.75, 3.05) is 50.0 Å². The molecular weight excluding hydrogens is 377 g/mol. The van der Waals surface area contributed by atoms with Crippen LogP contribution in [0.1, 0.15) is 10.4 Å². The molecule has 26 heavy (non-hydrogen) atoms. The molecule has 0 aliphatic carbocycles. The molecule has 7 nitrogen and oxygen atoms in total. The molecule has 1 aliphatic heterocycles. The number of nitrogens with one attached hydrogen (secondary N) is 2. The summed E-state index contributed by atoms with van der Waals surface area (Å²) in [6, 6.07) is 4.89. The van der Waals surface area contributed by atoms with E-state index >= 15 is 0 Å². The zero-order valence-corrected chi connectivity index (χ0v) is 15.6. The van der Waals surface area contributed by atoms with Gasteiger partial charge in [-0.25, -0.2) is 9.97 Å². The van der Waals surface area contributed by atoms with Crippen molar-refractivity contribution in [3.8, 4) is 0 Å². The van der Waals surface area contributed by atoms with Crippen molar-refractivity contribution in [3.05, 3.63) is 46.2 Å². The molecule has 9 heteroatoms. The summed E-state index contributed by atoms with van der Waals surface area (Å²) in [5.41, 5.74) is 0.909. The van der Waals surface area contributed by atoms with Gasteiger partial charge in [0.25, 0.3) is 5.91 Å². The van der Waals surface area contributed by atoms with Crippen LogP contribution < -0.4 is 10.6 Å². The first-order chi connectivity index (χ1) is 12.6. The lowest BCUT2D eigenvalue weighted by molar-refractivity contribution is 0.0398. The van der Waals surface area contributed by atoms with E-state index in [2.05, 4.69) is 25.5 Å². The number of carbonyl (C=O) groups excluding carboxylic acids is 1. The first kappa shape index (κ1) is 18.8. The Morgan fingerprint density at radius 2 is 1.88 bits per heavy atom. The monoisotopic (exact) mass is 395 g/mol. The van der Waals surface area contributed by atoms with Crippen LogP contribution >= 0.6 is 23.2 Å². The third-order valence-corrected chi connectivity index (χ3v) is 4.65. The smallest absolute Gasteiger partial charge is 0.258 e. The van der Waals surface area contributed by atoms with Gasteiger partial charge < -0.3 is 15.4 Å². The summed E-state index contributed by atoms with van der Waals surface area (Å²) < 4.78 is 5.32. The molecular formula is C17H19Cl2N5O2. The number of benzene rings is 1. The van der Waals surface area contributed by atoms with E-state index in [9.17, 15) is 4.79 Å². The van der Waals surface area contributed by atoms with Crippen LogP contribution in [0, 0.1) is 0 Å². The lowest BCUT2D eigenvalue weighted by atomic mass is 10.3. The molecule has 0 bridgehead atoms. The van der Waals surface area contributed by atoms with E-state index in [1.165, 1.54) is 12.4 Å². The third-order valence-electron chi connectivity index (χ3n) is 3.91. The van der Waals surface area contributed by atoms with Crippen molar-refractivity contribution in [1.82, 2.24) is 14.9 Å². The van der Waals surface area contributed by atoms with E-state index < -0.39 is 0 Å². The Morgan fingerprint density at radius 3 is 2.58 bits per heavy atom. The number of carbonyl (C=O) groups is 1. The van der Waals surface area contributed by atoms with E-state index in [4.69, 9.17) is 27.9 Å². The van der Waals surface area contributed by atoms with Gasteiger partial charge in [0.1, 0.15) is 0 Å². The SMILES string of the molecule is O=C(Nc1ccc(Cl)c(Cl)c1)c1cnc(NCCN2CCOCC2)nc1. The molecule has 138 valence electrons. The Hall–Kier alpha value is -1.93. The van der Waals surface area contributed by atoms with Crippen molar-refractivity contribution in [3.63, 3.8) is 0 Å². The molecule has 0 atom stereocenters. The molecule has 0 radical (unpaired) electrons. The summed E-state index contributed by atoms with van der Waals surface area (Å²) in [6.07, 6.45) is 2.97. The minimum absolute atomic E-state index is 0.316. The summed E-state index contributed by atoms with van der Waals surface area (Å²) in [5.74, 6) is 0.174. The van der Waals surface area contributed by atoms with Crippen LogP contribution in [0.2, 0.25) is 10.0 Å². The molecule has 1 aliphatic rings. The second kappa shape index (κ2) is 9.14. The van der Waals surface area contributed by atoms with Gasteiger partial charge in [-0.05, 0) is 18.2 Å². The number of aromatic nitrogens is 2. The van der Waals surface area contributed by atoms with Crippen molar-refractivity contribution in [2.45, 2.75) is 0 Å². The van der Waals surface area contributed by atoms with Crippen LogP contribution in [0.25, 0.3) is 0 Å². The highest BCUT2D eigenvalue weighted by atomic mass is 35.5. The van der Waals surface area contributed by atoms with E-state index in [0.29, 0.717) is 27.2 Å². The van der Waals surface area contributed by atoms with Crippen LogP contribution in [-0.2, 0) is 4.74 Å². The minimum atomic E-state index is -0.316. The fourth-order valence-electron chi connectivity index (χ4n) is 2.46. The number of amides is 1. The largest absolute Gasteiger partial charge is 0.379 e. The van der Waals surface area contributed by atoms with E-state index in [-0.39, 0.29) is 5.91 Å². The summed E-state index contributed by atoms with van der Waals surface area (Å²) in [5, 5.41) is 6.69. The van der Waals surface area contributed by atoms with Gasteiger partial charge in [-0.3, -0.25) is 9.69 Å². The summed E-state index contributed by atoms with van der Waals surface area (Å²) in [4.78, 5) is 22.9. The van der Waals surface area contributed by atoms with Gasteiger partial charge in [-0.2, -0.15) is 0 Å². The van der Waals surface area contributed by atoms with Crippen LogP contribution in [0.15, 0.2) is 30.6 Å². The molecule has 0 spiro atoms. The summed E-state index contributed by atoms with van der Waals surface area (Å²) >= 11 is 11.8. The third kappa shape index (κ3) is 5.28. The maximum absolute atomic E-state index is 12.2. The minimum Gasteiger partial charge on any atom is -0.379 e. The summed E-state index contributed by atoms with van der Waals surface area (Å²) in [6.45, 7) is 5.06. The average Bonchev–Trinajstić information content (AvgIpc) is 2.66. The molecule has 1 aromatic carbocycles. The molecule has 2 heterocycles. The number of anilines is 2. The molecule has 1 amide bonds. The first-order valence-electron chi connectivity index (χ1n) is 8.24. The predicted molar refractivity (Wildman–Crippen MR) is 102 cm³/mol. The molecule has 2 aromatic rings. The standard InChI is InChI=1S/C17H19Cl2N5O2/c18-14-2-1-13(9-15(14)19)23-16(25)12-10-21-17(22-11-12)20-3-4-24-5-7-26-8-6-24/h1-2,9-11H,3-8H2,(H,23,25)(H,20,21,22). The van der Waals surface area contributed by atoms with Crippen molar-refractivity contribution in [2.24, 2.45) is 0 Å². The fourth-order valence-corrected chi connectivity index (χ4v) is 2.76. The van der Waals surface area contributed by atoms with Gasteiger partial charge in [0, 0.05) is 44.3 Å². The van der Waals surface area contributed by atoms with Crippen LogP contribution in [0.5, 0.6) is 0 Å². The van der Waals surface area contributed by atoms with Crippen molar-refractivity contribution in [1.29, 1.82) is 0 Å². The number of hydrogen-bond acceptors (Lipinski definition) is 6. The first-order valence-corrected chi connectivity index (χ1v) is 9.00. The maximum atomic E-state index is 12.2. The lowest BCUT2D eigenvalue weighted by Crippen LogP contribution is -2.39. The number of hydrogen-bond donors (Lipinski definition) is 2. The Balaban J connectivity index is 1.49. The van der Waals surface area contributed by atoms with Crippen LogP contribution in [0.3, 0.4) is 0 Å². The van der Waals surface area contributed by atoms with E-state index in [1.54, 1.807) is 18.2 Å². The molecule has 1 fully saturated rings. The normalized spacial score (nSPS) is 14.8. The average molecular weight is 396 g/mol. The van der Waals surface area contributed by atoms with Gasteiger partial charge in [0.2, 0.25) is 5.95 Å². The van der Waals surface area contributed by atoms with Crippen LogP contribution in [0.4, 0.5) is 11.6 Å². The molecule has 0 unspecified atom stereocenters. The van der Waals surface area contributed by atoms with Crippen molar-refractivity contribution >= 4 is 40.7 Å². The number of rotatable bonds is 6. The van der Waals surface area contributed by atoms with Crippen LogP contribution in [-0.4, -0.2) is 60.2 Å². The van der Waals surface area contributed by atoms with E-state index in [1.807, 2.05) is 0 Å². The van der Waals surface area contributed by atoms with Crippen molar-refractivity contribution < 1.29 is 9.53 Å². The number of nitrogens with zero attached hydrogens (tertiary/aromatic N) is 3. The summed E-state index contributed by atoms with van der Waals surface area (Å²) in [7, 11) is 0. The molecule has 1 aromatic heterocycles. The number of morpholine rings is 1. The Kier molecular flexibility index (Phi) is 6.62. The van der Waals surface area contributed by atoms with Gasteiger partial charge in [0.15, 0.2) is 0 Å². The van der Waals surface area contributed by atoms with E-state index in [0.717, 1.165) is 39.4 Å². The van der Waals surface area contributed by atoms with Gasteiger partial charge in [-0.15, -0.1) is 0 Å². The zero-order chi connectivity index (χ0) is 18.4. The quantitative estimate of drug-likeness (QED) is 0.782. The second-order valence-electron chi connectivity index (χ2n) is 5.76. The number of ether oxygens (including phenoxy) is 1. The topological polar surface area (TPSA) is 79.4 Å². The van der Waals surface area contributed by atoms with Gasteiger partial charge in [-0.1, -0.05) is 23.2 Å².